The number of nitrogens with one attached hydrogen (secondary N) is 1. The number of aliphatic carboxylic acids is 1. The second kappa shape index (κ2) is 24.2. The number of cyclic esters (lactones) is 2. The summed E-state index contributed by atoms with van der Waals surface area (Å²) in [7, 11) is 0. The quantitative estimate of drug-likeness (QED) is 0.260. The van der Waals surface area contributed by atoms with Gasteiger partial charge in [-0.25, -0.2) is 4.79 Å². The molecule has 0 saturated carbocycles. The fourth-order valence-electron chi connectivity index (χ4n) is 4.97. The fraction of sp³-hybridized carbons (Fsp3) is 0.444. The summed E-state index contributed by atoms with van der Waals surface area (Å²) in [5.74, 6) is -3.34. The van der Waals surface area contributed by atoms with E-state index in [1.807, 2.05) is 6.21 Å². The molecule has 270 valence electrons. The monoisotopic (exact) mass is 744 g/mol. The van der Waals surface area contributed by atoms with Gasteiger partial charge in [0.2, 0.25) is 0 Å². The van der Waals surface area contributed by atoms with E-state index in [2.05, 4.69) is 67.0 Å². The SMILES string of the molecule is CC(=O)[O-].Cc1cc2c(cc1C)C(CC(=O)CC(=O)OC(C)C)NCC2.Cc1cc2c(cc1C)CCN=C2.Cl.Cl.O=C1C=C(O)CC(=O)O1.[Na+]. The molecule has 0 amide bonds. The van der Waals surface area contributed by atoms with Crippen LogP contribution in [0.15, 0.2) is 41.1 Å². The summed E-state index contributed by atoms with van der Waals surface area (Å²) in [6, 6.07) is 8.91. The third-order valence-electron chi connectivity index (χ3n) is 7.38. The molecule has 2 N–H and O–H groups in total. The van der Waals surface area contributed by atoms with E-state index in [1.165, 1.54) is 44.5 Å². The first-order chi connectivity index (χ1) is 22.0. The van der Waals surface area contributed by atoms with E-state index < -0.39 is 23.9 Å². The van der Waals surface area contributed by atoms with E-state index in [4.69, 9.17) is 19.7 Å². The minimum atomic E-state index is -1.08. The molecule has 1 unspecified atom stereocenters. The zero-order valence-corrected chi connectivity index (χ0v) is 33.7. The Hall–Kier alpha value is -3.06. The van der Waals surface area contributed by atoms with E-state index in [-0.39, 0.29) is 90.9 Å². The predicted octanol–water partition coefficient (Wildman–Crippen LogP) is 1.58. The number of fused-ring (bicyclic) bond motifs is 2. The van der Waals surface area contributed by atoms with Crippen LogP contribution >= 0.6 is 24.8 Å². The van der Waals surface area contributed by atoms with Gasteiger partial charge in [-0.05, 0) is 118 Å². The summed E-state index contributed by atoms with van der Waals surface area (Å²) in [6.45, 7) is 14.9. The van der Waals surface area contributed by atoms with Crippen LogP contribution in [0.5, 0.6) is 0 Å². The standard InChI is InChI=1S/C18H25NO3.C11H13N.C5H4O4.C2H4O2.2ClH.Na/c1-11(2)22-18(21)10-15(20)9-17-16-8-13(4)12(3)7-14(16)5-6-19-17;1-8-5-10-3-4-12-7-11(10)6-9(8)2;6-3-1-4(7)9-5(8)2-3;1-2(3)4;;;/h7-8,11,17,19H,5-6,9-10H2,1-4H3;5-7H,3-4H2,1-2H3;1,6H,2H2;1H3,(H,3,4);2*1H;/q;;;;;;+1/p-1. The summed E-state index contributed by atoms with van der Waals surface area (Å²) >= 11 is 0. The van der Waals surface area contributed by atoms with E-state index in [9.17, 15) is 19.2 Å². The van der Waals surface area contributed by atoms with E-state index in [0.717, 1.165) is 38.9 Å². The van der Waals surface area contributed by atoms with Crippen LogP contribution < -0.4 is 40.0 Å². The Morgan fingerprint density at radius 1 is 0.980 bits per heavy atom. The number of aryl methyl sites for hydroxylation is 4. The number of aliphatic imine (C=N–C) groups is 1. The maximum absolute atomic E-state index is 12.1. The number of esters is 3. The van der Waals surface area contributed by atoms with Gasteiger partial charge >= 0.3 is 47.5 Å². The van der Waals surface area contributed by atoms with Crippen molar-refractivity contribution in [3.05, 3.63) is 80.6 Å². The van der Waals surface area contributed by atoms with Gasteiger partial charge in [-0.1, -0.05) is 18.2 Å². The average Bonchev–Trinajstić information content (AvgIpc) is 2.94. The third kappa shape index (κ3) is 17.7. The fourth-order valence-corrected chi connectivity index (χ4v) is 4.97. The smallest absolute Gasteiger partial charge is 0.550 e. The number of ether oxygens (including phenoxy) is 2. The number of ketones is 1. The van der Waals surface area contributed by atoms with Crippen LogP contribution in [0.2, 0.25) is 0 Å². The molecule has 0 radical (unpaired) electrons. The van der Waals surface area contributed by atoms with E-state index in [1.54, 1.807) is 13.8 Å². The van der Waals surface area contributed by atoms with Gasteiger partial charge in [-0.2, -0.15) is 0 Å². The van der Waals surface area contributed by atoms with Crippen LogP contribution in [-0.4, -0.2) is 60.2 Å². The van der Waals surface area contributed by atoms with Gasteiger partial charge in [0.1, 0.15) is 24.4 Å². The van der Waals surface area contributed by atoms with Gasteiger partial charge in [-0.3, -0.25) is 19.4 Å². The number of carboxylic acids is 1. The molecule has 11 nitrogen and oxygen atoms in total. The van der Waals surface area contributed by atoms with Crippen LogP contribution in [0.1, 0.15) is 90.6 Å². The minimum Gasteiger partial charge on any atom is -0.550 e. The van der Waals surface area contributed by atoms with Gasteiger partial charge in [0.25, 0.3) is 0 Å². The number of carbonyl (C=O) groups excluding carboxylic acids is 5. The molecule has 3 aliphatic rings. The molecule has 2 aromatic rings. The summed E-state index contributed by atoms with van der Waals surface area (Å²) < 4.78 is 9.08. The van der Waals surface area contributed by atoms with Gasteiger partial charge < -0.3 is 29.8 Å². The van der Waals surface area contributed by atoms with Crippen molar-refractivity contribution in [3.8, 4) is 0 Å². The van der Waals surface area contributed by atoms with Crippen molar-refractivity contribution in [2.75, 3.05) is 13.1 Å². The number of rotatable bonds is 5. The molecule has 0 aliphatic carbocycles. The van der Waals surface area contributed by atoms with E-state index in [0.29, 0.717) is 6.42 Å². The van der Waals surface area contributed by atoms with Gasteiger partial charge in [0.15, 0.2) is 0 Å². The average molecular weight is 746 g/mol. The molecular formula is C36H47Cl2N2NaO9. The Balaban J connectivity index is 0. The van der Waals surface area contributed by atoms with Crippen LogP contribution in [-0.2, 0) is 46.3 Å². The third-order valence-corrected chi connectivity index (χ3v) is 7.38. The second-order valence-electron chi connectivity index (χ2n) is 11.9. The van der Waals surface area contributed by atoms with Crippen molar-refractivity contribution >= 4 is 60.7 Å². The molecule has 50 heavy (non-hydrogen) atoms. The number of benzene rings is 2. The molecule has 0 saturated heterocycles. The number of halogens is 2. The normalized spacial score (nSPS) is 15.0. The summed E-state index contributed by atoms with van der Waals surface area (Å²) in [4.78, 5) is 57.3. The van der Waals surface area contributed by atoms with Crippen LogP contribution in [0.3, 0.4) is 0 Å². The molecule has 3 aliphatic heterocycles. The predicted molar refractivity (Wildman–Crippen MR) is 190 cm³/mol. The molecular weight excluding hydrogens is 698 g/mol. The van der Waals surface area contributed by atoms with Crippen molar-refractivity contribution in [1.29, 1.82) is 0 Å². The van der Waals surface area contributed by atoms with Crippen molar-refractivity contribution in [2.45, 2.75) is 92.7 Å². The van der Waals surface area contributed by atoms with Crippen LogP contribution in [0.25, 0.3) is 0 Å². The molecule has 0 spiro atoms. The molecule has 0 fully saturated rings. The molecule has 0 bridgehead atoms. The zero-order valence-electron chi connectivity index (χ0n) is 30.0. The maximum atomic E-state index is 12.1. The molecule has 1 atom stereocenters. The van der Waals surface area contributed by atoms with E-state index >= 15 is 0 Å². The Morgan fingerprint density at radius 2 is 1.54 bits per heavy atom. The number of carboxylic acid groups (broad SMARTS) is 1. The first-order valence-corrected chi connectivity index (χ1v) is 15.5. The number of hydrogen-bond acceptors (Lipinski definition) is 11. The molecule has 3 heterocycles. The van der Waals surface area contributed by atoms with Crippen molar-refractivity contribution in [1.82, 2.24) is 5.32 Å². The number of aliphatic hydroxyl groups excluding tert-OH is 1. The van der Waals surface area contributed by atoms with Gasteiger partial charge in [-0.15, -0.1) is 24.8 Å². The number of aliphatic hydroxyl groups is 1. The minimum absolute atomic E-state index is 0. The largest absolute Gasteiger partial charge is 1.00 e. The van der Waals surface area contributed by atoms with Crippen molar-refractivity contribution in [2.24, 2.45) is 4.99 Å². The van der Waals surface area contributed by atoms with Gasteiger partial charge in [0.05, 0.1) is 12.2 Å². The molecule has 0 aromatic heterocycles. The Labute approximate surface area is 328 Å². The van der Waals surface area contributed by atoms with Crippen molar-refractivity contribution in [3.63, 3.8) is 0 Å². The number of Topliss-reactive ketones (excluding diaryl/α,β-unsaturated/α-hetero) is 1. The summed E-state index contributed by atoms with van der Waals surface area (Å²) in [5, 5.41) is 20.9. The Bertz CT molecular complexity index is 1550. The van der Waals surface area contributed by atoms with Crippen LogP contribution in [0, 0.1) is 27.7 Å². The number of hydrogen-bond donors (Lipinski definition) is 2. The maximum Gasteiger partial charge on any atom is 1.00 e. The van der Waals surface area contributed by atoms with Gasteiger partial charge in [0, 0.05) is 31.2 Å². The topological polar surface area (TPSA) is 171 Å². The Kier molecular flexibility index (Phi) is 23.7. The Morgan fingerprint density at radius 3 is 2.10 bits per heavy atom. The number of carbonyl (C=O) groups is 5. The summed E-state index contributed by atoms with van der Waals surface area (Å²) in [5.41, 5.74) is 10.5. The van der Waals surface area contributed by atoms with Crippen molar-refractivity contribution < 1.29 is 73.2 Å². The summed E-state index contributed by atoms with van der Waals surface area (Å²) in [6.07, 6.45) is 4.76. The first kappa shape index (κ1) is 49.1. The second-order valence-corrected chi connectivity index (χ2v) is 11.9. The molecule has 14 heteroatoms. The molecule has 5 rings (SSSR count). The molecule has 2 aromatic carbocycles. The van der Waals surface area contributed by atoms with Crippen LogP contribution in [0.4, 0.5) is 0 Å². The zero-order chi connectivity index (χ0) is 35.3. The first-order valence-electron chi connectivity index (χ1n) is 15.5. The number of nitrogens with zero attached hydrogens (tertiary/aromatic N) is 1.